The normalized spacial score (nSPS) is 12.6. The summed E-state index contributed by atoms with van der Waals surface area (Å²) in [5.74, 6) is 0. The topological polar surface area (TPSA) is 3.24 Å². The lowest BCUT2D eigenvalue weighted by molar-refractivity contribution is 1.17. The molecule has 0 unspecified atom stereocenters. The number of hydrogen-bond donors (Lipinski definition) is 0. The lowest BCUT2D eigenvalue weighted by Crippen LogP contribution is -2.14. The Morgan fingerprint density at radius 1 is 0.368 bits per heavy atom. The van der Waals surface area contributed by atoms with E-state index in [4.69, 9.17) is 0 Å². The summed E-state index contributed by atoms with van der Waals surface area (Å²) < 4.78 is 0. The molecule has 0 spiro atoms. The van der Waals surface area contributed by atoms with Crippen molar-refractivity contribution in [1.29, 1.82) is 0 Å². The van der Waals surface area contributed by atoms with Gasteiger partial charge in [0.15, 0.2) is 0 Å². The van der Waals surface area contributed by atoms with Crippen molar-refractivity contribution in [3.63, 3.8) is 0 Å². The van der Waals surface area contributed by atoms with Crippen LogP contribution in [0.4, 0.5) is 17.1 Å². The molecule has 0 fully saturated rings. The van der Waals surface area contributed by atoms with Crippen LogP contribution in [-0.4, -0.2) is 0 Å². The molecule has 8 rings (SSSR count). The van der Waals surface area contributed by atoms with E-state index >= 15 is 0 Å². The molecule has 0 aromatic heterocycles. The number of benzene rings is 7. The average Bonchev–Trinajstić information content (AvgIpc) is 3.00. The maximum Gasteiger partial charge on any atom is 0.0601 e. The zero-order chi connectivity index (χ0) is 25.1. The first-order valence-electron chi connectivity index (χ1n) is 12.9. The lowest BCUT2D eigenvalue weighted by Gasteiger charge is -2.33. The fourth-order valence-corrected chi connectivity index (χ4v) is 6.95. The largest absolute Gasteiger partial charge is 0.308 e. The molecule has 0 aliphatic carbocycles. The van der Waals surface area contributed by atoms with E-state index in [0.717, 1.165) is 0 Å². The van der Waals surface area contributed by atoms with E-state index in [9.17, 15) is 0 Å². The van der Waals surface area contributed by atoms with Gasteiger partial charge in [-0.2, -0.15) is 0 Å². The van der Waals surface area contributed by atoms with Crippen LogP contribution in [0.2, 0.25) is 0 Å². The summed E-state index contributed by atoms with van der Waals surface area (Å²) in [7, 11) is 0. The SMILES string of the molecule is c1cc(-c2ccc3c4ccccc4c4ccccc4c3c2)cc(N2c3ccccc3Sc3ccccc32)c1. The van der Waals surface area contributed by atoms with Crippen LogP contribution in [0.3, 0.4) is 0 Å². The smallest absolute Gasteiger partial charge is 0.0601 e. The predicted octanol–water partition coefficient (Wildman–Crippen LogP) is 10.7. The third-order valence-electron chi connectivity index (χ3n) is 7.61. The number of anilines is 3. The number of para-hydroxylation sites is 2. The van der Waals surface area contributed by atoms with Gasteiger partial charge in [-0.1, -0.05) is 109 Å². The highest BCUT2D eigenvalue weighted by Crippen LogP contribution is 2.51. The molecule has 178 valence electrons. The molecule has 1 nitrogen and oxygen atoms in total. The van der Waals surface area contributed by atoms with Gasteiger partial charge in [-0.15, -0.1) is 0 Å². The fraction of sp³-hybridized carbons (Fsp3) is 0. The van der Waals surface area contributed by atoms with Crippen molar-refractivity contribution in [3.05, 3.63) is 140 Å². The second-order valence-corrected chi connectivity index (χ2v) is 10.9. The van der Waals surface area contributed by atoms with Crippen molar-refractivity contribution in [1.82, 2.24) is 0 Å². The van der Waals surface area contributed by atoms with Gasteiger partial charge in [-0.3, -0.25) is 0 Å². The quantitative estimate of drug-likeness (QED) is 0.217. The molecular formula is C36H23NS. The molecule has 0 amide bonds. The maximum atomic E-state index is 2.40. The first-order valence-corrected chi connectivity index (χ1v) is 13.8. The number of nitrogens with zero attached hydrogens (tertiary/aromatic N) is 1. The van der Waals surface area contributed by atoms with E-state index < -0.39 is 0 Å². The van der Waals surface area contributed by atoms with Gasteiger partial charge in [0.25, 0.3) is 0 Å². The predicted molar refractivity (Wildman–Crippen MR) is 163 cm³/mol. The average molecular weight is 502 g/mol. The van der Waals surface area contributed by atoms with E-state index in [2.05, 4.69) is 144 Å². The van der Waals surface area contributed by atoms with E-state index in [-0.39, 0.29) is 0 Å². The summed E-state index contributed by atoms with van der Waals surface area (Å²) in [6.07, 6.45) is 0. The van der Waals surface area contributed by atoms with Crippen molar-refractivity contribution in [3.8, 4) is 11.1 Å². The summed E-state index contributed by atoms with van der Waals surface area (Å²) in [5, 5.41) is 7.82. The van der Waals surface area contributed by atoms with Crippen LogP contribution in [0.25, 0.3) is 43.4 Å². The van der Waals surface area contributed by atoms with Gasteiger partial charge in [0.2, 0.25) is 0 Å². The summed E-state index contributed by atoms with van der Waals surface area (Å²) in [6.45, 7) is 0. The molecule has 38 heavy (non-hydrogen) atoms. The van der Waals surface area contributed by atoms with Crippen LogP contribution in [0, 0.1) is 0 Å². The molecular weight excluding hydrogens is 478 g/mol. The van der Waals surface area contributed by atoms with E-state index in [1.807, 2.05) is 11.8 Å². The highest BCUT2D eigenvalue weighted by Gasteiger charge is 2.24. The molecule has 0 saturated heterocycles. The van der Waals surface area contributed by atoms with Gasteiger partial charge in [0.1, 0.15) is 0 Å². The molecule has 0 radical (unpaired) electrons. The Bertz CT molecular complexity index is 1940. The third kappa shape index (κ3) is 3.27. The standard InChI is InChI=1S/C36H23NS/c1-2-14-29-27(12-1)28-13-3-4-15-30(28)32-23-25(20-21-31(29)32)24-10-9-11-26(22-24)37-33-16-5-7-18-35(33)38-36-19-8-6-17-34(36)37/h1-23H. The Kier molecular flexibility index (Phi) is 4.83. The maximum absolute atomic E-state index is 2.40. The van der Waals surface area contributed by atoms with Crippen LogP contribution in [0.5, 0.6) is 0 Å². The fourth-order valence-electron chi connectivity index (χ4n) is 5.89. The van der Waals surface area contributed by atoms with Crippen molar-refractivity contribution in [2.45, 2.75) is 9.79 Å². The number of rotatable bonds is 2. The molecule has 0 bridgehead atoms. The van der Waals surface area contributed by atoms with Gasteiger partial charge in [-0.05, 0) is 85.9 Å². The summed E-state index contributed by atoms with van der Waals surface area (Å²) >= 11 is 1.84. The summed E-state index contributed by atoms with van der Waals surface area (Å²) in [4.78, 5) is 4.95. The molecule has 7 aromatic carbocycles. The van der Waals surface area contributed by atoms with Crippen molar-refractivity contribution in [2.24, 2.45) is 0 Å². The third-order valence-corrected chi connectivity index (χ3v) is 8.74. The second kappa shape index (κ2) is 8.51. The Hall–Kier alpha value is -4.53. The van der Waals surface area contributed by atoms with E-state index in [0.29, 0.717) is 0 Å². The van der Waals surface area contributed by atoms with Gasteiger partial charge in [-0.25, -0.2) is 0 Å². The zero-order valence-corrected chi connectivity index (χ0v) is 21.5. The van der Waals surface area contributed by atoms with Crippen LogP contribution >= 0.6 is 11.8 Å². The molecule has 1 aliphatic rings. The van der Waals surface area contributed by atoms with E-state index in [1.54, 1.807) is 0 Å². The molecule has 1 aliphatic heterocycles. The Balaban J connectivity index is 1.33. The Labute approximate surface area is 226 Å². The number of hydrogen-bond acceptors (Lipinski definition) is 2. The highest BCUT2D eigenvalue weighted by atomic mass is 32.2. The minimum Gasteiger partial charge on any atom is -0.308 e. The van der Waals surface area contributed by atoms with Gasteiger partial charge in [0, 0.05) is 15.5 Å². The number of fused-ring (bicyclic) bond motifs is 8. The molecule has 0 N–H and O–H groups in total. The minimum absolute atomic E-state index is 1.17. The van der Waals surface area contributed by atoms with E-state index in [1.165, 1.54) is 70.3 Å². The first kappa shape index (κ1) is 21.5. The van der Waals surface area contributed by atoms with Crippen molar-refractivity contribution >= 4 is 61.1 Å². The molecule has 7 aromatic rings. The highest BCUT2D eigenvalue weighted by molar-refractivity contribution is 7.99. The monoisotopic (exact) mass is 501 g/mol. The van der Waals surface area contributed by atoms with Crippen molar-refractivity contribution < 1.29 is 0 Å². The molecule has 0 saturated carbocycles. The second-order valence-electron chi connectivity index (χ2n) is 9.77. The van der Waals surface area contributed by atoms with Gasteiger partial charge in [0.05, 0.1) is 11.4 Å². The van der Waals surface area contributed by atoms with Gasteiger partial charge >= 0.3 is 0 Å². The van der Waals surface area contributed by atoms with Gasteiger partial charge < -0.3 is 4.90 Å². The van der Waals surface area contributed by atoms with Crippen LogP contribution < -0.4 is 4.90 Å². The first-order chi connectivity index (χ1) is 18.8. The van der Waals surface area contributed by atoms with Crippen LogP contribution in [0.15, 0.2) is 149 Å². The summed E-state index contributed by atoms with van der Waals surface area (Å²) in [6, 6.07) is 50.8. The minimum atomic E-state index is 1.17. The van der Waals surface area contributed by atoms with Crippen LogP contribution in [-0.2, 0) is 0 Å². The molecule has 0 atom stereocenters. The molecule has 2 heteroatoms. The molecule has 1 heterocycles. The van der Waals surface area contributed by atoms with Crippen molar-refractivity contribution in [2.75, 3.05) is 4.90 Å². The Morgan fingerprint density at radius 2 is 0.868 bits per heavy atom. The Morgan fingerprint density at radius 3 is 1.50 bits per heavy atom. The summed E-state index contributed by atoms with van der Waals surface area (Å²) in [5.41, 5.74) is 6.07. The zero-order valence-electron chi connectivity index (χ0n) is 20.6. The lowest BCUT2D eigenvalue weighted by atomic mass is 9.92. The van der Waals surface area contributed by atoms with Crippen LogP contribution in [0.1, 0.15) is 0 Å².